The summed E-state index contributed by atoms with van der Waals surface area (Å²) in [5.74, 6) is -4.19. The van der Waals surface area contributed by atoms with Gasteiger partial charge in [-0.1, -0.05) is 0 Å². The van der Waals surface area contributed by atoms with Crippen LogP contribution < -0.4 is 10.9 Å². The number of fused-ring (bicyclic) bond motifs is 1. The summed E-state index contributed by atoms with van der Waals surface area (Å²) in [6.45, 7) is 0. The second kappa shape index (κ2) is 7.36. The zero-order chi connectivity index (χ0) is 21.4. The fourth-order valence-corrected chi connectivity index (χ4v) is 3.01. The van der Waals surface area contributed by atoms with Crippen LogP contribution in [0.4, 0.5) is 18.9 Å². The topological polar surface area (TPSA) is 84.2 Å². The third kappa shape index (κ3) is 3.26. The Hall–Kier alpha value is -4.14. The van der Waals surface area contributed by atoms with Crippen molar-refractivity contribution in [2.45, 2.75) is 0 Å². The van der Waals surface area contributed by atoms with E-state index in [4.69, 9.17) is 0 Å². The highest BCUT2D eigenvalue weighted by Crippen LogP contribution is 2.27. The van der Waals surface area contributed by atoms with Gasteiger partial charge in [-0.2, -0.15) is 0 Å². The van der Waals surface area contributed by atoms with Crippen molar-refractivity contribution in [3.63, 3.8) is 0 Å². The van der Waals surface area contributed by atoms with E-state index in [1.807, 2.05) is 0 Å². The molecular formula is C21H12F3N3O3. The van der Waals surface area contributed by atoms with Crippen molar-refractivity contribution in [1.29, 1.82) is 0 Å². The lowest BCUT2D eigenvalue weighted by Crippen LogP contribution is -2.29. The van der Waals surface area contributed by atoms with Crippen LogP contribution in [0.1, 0.15) is 10.4 Å². The molecule has 0 aliphatic heterocycles. The van der Waals surface area contributed by atoms with Gasteiger partial charge >= 0.3 is 0 Å². The van der Waals surface area contributed by atoms with Crippen LogP contribution >= 0.6 is 0 Å². The highest BCUT2D eigenvalue weighted by atomic mass is 19.1. The number of amides is 1. The molecule has 0 bridgehead atoms. The minimum atomic E-state index is -1.11. The average molecular weight is 411 g/mol. The smallest absolute Gasteiger partial charge is 0.273 e. The van der Waals surface area contributed by atoms with E-state index in [0.717, 1.165) is 28.8 Å². The molecule has 0 spiro atoms. The van der Waals surface area contributed by atoms with Gasteiger partial charge in [0, 0.05) is 12.3 Å². The summed E-state index contributed by atoms with van der Waals surface area (Å²) < 4.78 is 41.4. The number of hydrogen-bond acceptors (Lipinski definition) is 4. The Bertz CT molecular complexity index is 1350. The van der Waals surface area contributed by atoms with E-state index in [-0.39, 0.29) is 22.4 Å². The van der Waals surface area contributed by atoms with Gasteiger partial charge in [-0.3, -0.25) is 14.2 Å². The van der Waals surface area contributed by atoms with E-state index in [1.165, 1.54) is 30.5 Å². The van der Waals surface area contributed by atoms with Crippen molar-refractivity contribution in [2.24, 2.45) is 0 Å². The molecule has 2 N–H and O–H groups in total. The molecule has 2 heterocycles. The molecule has 2 aromatic heterocycles. The van der Waals surface area contributed by atoms with Gasteiger partial charge in [-0.05, 0) is 48.5 Å². The average Bonchev–Trinajstić information content (AvgIpc) is 2.72. The van der Waals surface area contributed by atoms with Crippen LogP contribution in [0, 0.1) is 17.5 Å². The molecule has 4 rings (SSSR count). The number of nitrogens with one attached hydrogen (secondary N) is 1. The Morgan fingerprint density at radius 1 is 1.00 bits per heavy atom. The fourth-order valence-electron chi connectivity index (χ4n) is 3.01. The molecule has 1 amide bonds. The van der Waals surface area contributed by atoms with Crippen LogP contribution in [0.2, 0.25) is 0 Å². The van der Waals surface area contributed by atoms with Gasteiger partial charge in [0.2, 0.25) is 0 Å². The Morgan fingerprint density at radius 2 is 1.70 bits per heavy atom. The van der Waals surface area contributed by atoms with E-state index < -0.39 is 40.2 Å². The zero-order valence-corrected chi connectivity index (χ0v) is 15.1. The van der Waals surface area contributed by atoms with Gasteiger partial charge < -0.3 is 10.4 Å². The molecule has 2 aromatic carbocycles. The molecule has 4 aromatic rings. The number of aromatic nitrogens is 2. The van der Waals surface area contributed by atoms with Crippen LogP contribution in [0.25, 0.3) is 16.7 Å². The highest BCUT2D eigenvalue weighted by Gasteiger charge is 2.24. The number of anilines is 1. The maximum Gasteiger partial charge on any atom is 0.273 e. The molecule has 0 unspecified atom stereocenters. The molecule has 0 aliphatic rings. The largest absolute Gasteiger partial charge is 0.506 e. The van der Waals surface area contributed by atoms with Crippen LogP contribution in [0.15, 0.2) is 65.6 Å². The number of aromatic hydroxyl groups is 1. The summed E-state index contributed by atoms with van der Waals surface area (Å²) in [6.07, 6.45) is 1.38. The lowest BCUT2D eigenvalue weighted by atomic mass is 10.1. The monoisotopic (exact) mass is 411 g/mol. The number of carbonyl (C=O) groups excluding carboxylic acids is 1. The number of rotatable bonds is 3. The molecule has 0 aliphatic carbocycles. The van der Waals surface area contributed by atoms with Crippen LogP contribution in [-0.2, 0) is 0 Å². The van der Waals surface area contributed by atoms with Gasteiger partial charge in [-0.25, -0.2) is 18.2 Å². The summed E-state index contributed by atoms with van der Waals surface area (Å²) in [5.41, 5.74) is -1.77. The first-order chi connectivity index (χ1) is 14.4. The van der Waals surface area contributed by atoms with Gasteiger partial charge in [0.15, 0.2) is 5.65 Å². The summed E-state index contributed by atoms with van der Waals surface area (Å²) in [5, 5.41) is 12.8. The number of pyridine rings is 2. The first-order valence-corrected chi connectivity index (χ1v) is 8.62. The van der Waals surface area contributed by atoms with E-state index in [9.17, 15) is 27.9 Å². The highest BCUT2D eigenvalue weighted by molar-refractivity contribution is 6.09. The summed E-state index contributed by atoms with van der Waals surface area (Å²) in [7, 11) is 0. The Morgan fingerprint density at radius 3 is 2.40 bits per heavy atom. The van der Waals surface area contributed by atoms with E-state index in [0.29, 0.717) is 6.07 Å². The van der Waals surface area contributed by atoms with Crippen LogP contribution in [0.3, 0.4) is 0 Å². The lowest BCUT2D eigenvalue weighted by molar-refractivity contribution is 0.102. The maximum atomic E-state index is 13.9. The van der Waals surface area contributed by atoms with Gasteiger partial charge in [0.25, 0.3) is 11.5 Å². The van der Waals surface area contributed by atoms with Crippen LogP contribution in [0.5, 0.6) is 5.75 Å². The summed E-state index contributed by atoms with van der Waals surface area (Å²) >= 11 is 0. The number of benzene rings is 2. The van der Waals surface area contributed by atoms with Gasteiger partial charge in [-0.15, -0.1) is 0 Å². The normalized spacial score (nSPS) is 10.9. The summed E-state index contributed by atoms with van der Waals surface area (Å²) in [4.78, 5) is 29.9. The molecule has 150 valence electrons. The molecule has 9 heteroatoms. The predicted octanol–water partition coefficient (Wildman–Crippen LogP) is 3.76. The second-order valence-corrected chi connectivity index (χ2v) is 6.29. The Balaban J connectivity index is 1.93. The molecule has 6 nitrogen and oxygen atoms in total. The quantitative estimate of drug-likeness (QED) is 0.538. The molecule has 0 atom stereocenters. The van der Waals surface area contributed by atoms with Crippen molar-refractivity contribution >= 4 is 22.6 Å². The van der Waals surface area contributed by atoms with E-state index in [2.05, 4.69) is 10.3 Å². The maximum absolute atomic E-state index is 13.9. The first kappa shape index (κ1) is 19.2. The third-order valence-corrected chi connectivity index (χ3v) is 4.40. The summed E-state index contributed by atoms with van der Waals surface area (Å²) in [6, 6.07) is 10.3. The van der Waals surface area contributed by atoms with E-state index >= 15 is 0 Å². The van der Waals surface area contributed by atoms with Gasteiger partial charge in [0.05, 0.1) is 16.8 Å². The first-order valence-electron chi connectivity index (χ1n) is 8.62. The minimum absolute atomic E-state index is 0.0381. The predicted molar refractivity (Wildman–Crippen MR) is 103 cm³/mol. The van der Waals surface area contributed by atoms with Gasteiger partial charge in [0.1, 0.15) is 28.8 Å². The molecular weight excluding hydrogens is 399 g/mol. The minimum Gasteiger partial charge on any atom is -0.506 e. The Kier molecular flexibility index (Phi) is 4.71. The Labute approximate surface area is 166 Å². The van der Waals surface area contributed by atoms with Crippen LogP contribution in [-0.4, -0.2) is 20.6 Å². The standard InChI is InChI=1S/C21H12F3N3O3/c22-11-3-6-13(7-4-11)27-19-14(2-1-9-25-19)18(28)17(21(27)30)20(29)26-16-8-5-12(23)10-15(16)24/h1-10,28H,(H,26,29). The van der Waals surface area contributed by atoms with Crippen molar-refractivity contribution in [1.82, 2.24) is 9.55 Å². The SMILES string of the molecule is O=C(Nc1ccc(F)cc1F)c1c(O)c2cccnc2n(-c2ccc(F)cc2)c1=O. The molecule has 0 radical (unpaired) electrons. The van der Waals surface area contributed by atoms with Crippen molar-refractivity contribution in [2.75, 3.05) is 5.32 Å². The van der Waals surface area contributed by atoms with Crippen molar-refractivity contribution < 1.29 is 23.1 Å². The number of halogens is 3. The van der Waals surface area contributed by atoms with Crippen molar-refractivity contribution in [3.8, 4) is 11.4 Å². The third-order valence-electron chi connectivity index (χ3n) is 4.40. The number of nitrogens with zero attached hydrogens (tertiary/aromatic N) is 2. The van der Waals surface area contributed by atoms with Crippen molar-refractivity contribution in [3.05, 3.63) is 94.2 Å². The number of carbonyl (C=O) groups is 1. The number of hydrogen-bond donors (Lipinski definition) is 2. The molecule has 0 fully saturated rings. The molecule has 30 heavy (non-hydrogen) atoms. The zero-order valence-electron chi connectivity index (χ0n) is 15.1. The fraction of sp³-hybridized carbons (Fsp3) is 0. The lowest BCUT2D eigenvalue weighted by Gasteiger charge is -2.14. The molecule has 0 saturated carbocycles. The van der Waals surface area contributed by atoms with E-state index in [1.54, 1.807) is 0 Å². The molecule has 0 saturated heterocycles. The second-order valence-electron chi connectivity index (χ2n) is 6.29.